The molecule has 0 radical (unpaired) electrons. The zero-order valence-electron chi connectivity index (χ0n) is 11.2. The van der Waals surface area contributed by atoms with Gasteiger partial charge in [-0.1, -0.05) is 35.9 Å². The number of benzene rings is 2. The third-order valence-electron chi connectivity index (χ3n) is 3.35. The Morgan fingerprint density at radius 1 is 1.18 bits per heavy atom. The van der Waals surface area contributed by atoms with Crippen LogP contribution < -0.4 is 5.56 Å². The Kier molecular flexibility index (Phi) is 3.60. The summed E-state index contributed by atoms with van der Waals surface area (Å²) in [6, 6.07) is 11.7. The molecule has 1 N–H and O–H groups in total. The first-order valence-corrected chi connectivity index (χ1v) is 6.83. The third kappa shape index (κ3) is 2.56. The summed E-state index contributed by atoms with van der Waals surface area (Å²) in [5, 5.41) is 18.8. The summed E-state index contributed by atoms with van der Waals surface area (Å²) < 4.78 is 0. The summed E-state index contributed by atoms with van der Waals surface area (Å²) in [6.07, 6.45) is 0.356. The van der Waals surface area contributed by atoms with Gasteiger partial charge in [0.05, 0.1) is 16.0 Å². The Morgan fingerprint density at radius 3 is 2.64 bits per heavy atom. The number of hydrogen-bond acceptors (Lipinski definition) is 4. The van der Waals surface area contributed by atoms with E-state index in [1.54, 1.807) is 24.3 Å². The number of halogens is 1. The summed E-state index contributed by atoms with van der Waals surface area (Å²) in [5.41, 5.74) is 0.932. The van der Waals surface area contributed by atoms with Gasteiger partial charge in [0, 0.05) is 17.9 Å². The van der Waals surface area contributed by atoms with Crippen LogP contribution in [0.1, 0.15) is 11.3 Å². The zero-order chi connectivity index (χ0) is 15.7. The van der Waals surface area contributed by atoms with E-state index in [1.807, 2.05) is 6.07 Å². The summed E-state index contributed by atoms with van der Waals surface area (Å²) in [4.78, 5) is 22.2. The highest BCUT2D eigenvalue weighted by Crippen LogP contribution is 2.26. The summed E-state index contributed by atoms with van der Waals surface area (Å²) in [6.45, 7) is 0. The second kappa shape index (κ2) is 5.57. The van der Waals surface area contributed by atoms with Crippen LogP contribution in [0.2, 0.25) is 5.02 Å². The first kappa shape index (κ1) is 14.2. The van der Waals surface area contributed by atoms with Crippen LogP contribution in [0.25, 0.3) is 10.8 Å². The Bertz CT molecular complexity index is 937. The number of fused-ring (bicyclic) bond motifs is 1. The molecule has 0 saturated heterocycles. The van der Waals surface area contributed by atoms with E-state index in [-0.39, 0.29) is 16.3 Å². The molecule has 0 atom stereocenters. The number of aromatic nitrogens is 2. The lowest BCUT2D eigenvalue weighted by Gasteiger charge is -2.05. The minimum absolute atomic E-state index is 0.0908. The Hall–Kier alpha value is -2.73. The minimum Gasteiger partial charge on any atom is -0.267 e. The molecule has 0 bridgehead atoms. The molecule has 0 unspecified atom stereocenters. The lowest BCUT2D eigenvalue weighted by atomic mass is 10.0. The Labute approximate surface area is 129 Å². The van der Waals surface area contributed by atoms with Crippen molar-refractivity contribution in [1.82, 2.24) is 10.2 Å². The van der Waals surface area contributed by atoms with E-state index in [4.69, 9.17) is 11.6 Å². The van der Waals surface area contributed by atoms with E-state index in [9.17, 15) is 14.9 Å². The molecule has 0 aliphatic carbocycles. The van der Waals surface area contributed by atoms with Crippen LogP contribution >= 0.6 is 11.6 Å². The quantitative estimate of drug-likeness (QED) is 0.594. The average Bonchev–Trinajstić information content (AvgIpc) is 2.52. The van der Waals surface area contributed by atoms with Crippen molar-refractivity contribution in [1.29, 1.82) is 0 Å². The van der Waals surface area contributed by atoms with Gasteiger partial charge < -0.3 is 0 Å². The number of nitro groups is 1. The number of hydrogen-bond donors (Lipinski definition) is 1. The molecule has 1 aromatic heterocycles. The van der Waals surface area contributed by atoms with Crippen molar-refractivity contribution < 1.29 is 4.92 Å². The summed E-state index contributed by atoms with van der Waals surface area (Å²) in [5.74, 6) is 0. The number of H-pyrrole nitrogens is 1. The van der Waals surface area contributed by atoms with Gasteiger partial charge in [-0.15, -0.1) is 0 Å². The van der Waals surface area contributed by atoms with Crippen molar-refractivity contribution in [2.75, 3.05) is 0 Å². The highest BCUT2D eigenvalue weighted by atomic mass is 35.5. The number of aromatic amines is 1. The SMILES string of the molecule is O=c1[nH]nc(Cc2ccc(Cl)c([N+](=O)[O-])c2)c2ccccc12. The van der Waals surface area contributed by atoms with Crippen LogP contribution in [0, 0.1) is 10.1 Å². The van der Waals surface area contributed by atoms with Crippen molar-refractivity contribution in [3.05, 3.63) is 79.2 Å². The van der Waals surface area contributed by atoms with Crippen LogP contribution in [0.15, 0.2) is 47.3 Å². The van der Waals surface area contributed by atoms with E-state index >= 15 is 0 Å². The van der Waals surface area contributed by atoms with E-state index in [2.05, 4.69) is 10.2 Å². The molecule has 0 aliphatic heterocycles. The van der Waals surface area contributed by atoms with E-state index in [0.29, 0.717) is 23.1 Å². The second-order valence-corrected chi connectivity index (χ2v) is 5.17. The van der Waals surface area contributed by atoms with Gasteiger partial charge in [0.2, 0.25) is 0 Å². The molecule has 6 nitrogen and oxygen atoms in total. The molecule has 0 spiro atoms. The highest BCUT2D eigenvalue weighted by molar-refractivity contribution is 6.32. The van der Waals surface area contributed by atoms with Crippen molar-refractivity contribution >= 4 is 28.1 Å². The van der Waals surface area contributed by atoms with E-state index in [0.717, 1.165) is 5.39 Å². The largest absolute Gasteiger partial charge is 0.288 e. The fourth-order valence-corrected chi connectivity index (χ4v) is 2.49. The summed E-state index contributed by atoms with van der Waals surface area (Å²) in [7, 11) is 0. The molecule has 1 heterocycles. The maximum absolute atomic E-state index is 11.7. The van der Waals surface area contributed by atoms with E-state index < -0.39 is 4.92 Å². The normalized spacial score (nSPS) is 10.8. The van der Waals surface area contributed by atoms with Gasteiger partial charge >= 0.3 is 0 Å². The first-order valence-electron chi connectivity index (χ1n) is 6.45. The molecule has 3 rings (SSSR count). The van der Waals surface area contributed by atoms with Crippen LogP contribution in [-0.4, -0.2) is 15.1 Å². The molecule has 110 valence electrons. The van der Waals surface area contributed by atoms with Gasteiger partial charge in [0.15, 0.2) is 0 Å². The topological polar surface area (TPSA) is 88.9 Å². The average molecular weight is 316 g/mol. The molecule has 0 amide bonds. The number of nitrogens with zero attached hydrogens (tertiary/aromatic N) is 2. The third-order valence-corrected chi connectivity index (χ3v) is 3.67. The van der Waals surface area contributed by atoms with Gasteiger partial charge in [-0.2, -0.15) is 5.10 Å². The fraction of sp³-hybridized carbons (Fsp3) is 0.0667. The van der Waals surface area contributed by atoms with Crippen molar-refractivity contribution in [3.63, 3.8) is 0 Å². The maximum atomic E-state index is 11.7. The molecule has 22 heavy (non-hydrogen) atoms. The standard InChI is InChI=1S/C15H10ClN3O3/c16-12-6-5-9(8-14(12)19(21)22)7-13-10-3-1-2-4-11(10)15(20)18-17-13/h1-6,8H,7H2,(H,18,20). The lowest BCUT2D eigenvalue weighted by Crippen LogP contribution is -2.11. The van der Waals surface area contributed by atoms with Gasteiger partial charge in [0.25, 0.3) is 11.2 Å². The molecule has 0 saturated carbocycles. The molecule has 0 fully saturated rings. The van der Waals surface area contributed by atoms with E-state index in [1.165, 1.54) is 12.1 Å². The van der Waals surface area contributed by atoms with Crippen LogP contribution in [0.4, 0.5) is 5.69 Å². The van der Waals surface area contributed by atoms with Crippen LogP contribution in [0.3, 0.4) is 0 Å². The fourth-order valence-electron chi connectivity index (χ4n) is 2.31. The predicted molar refractivity (Wildman–Crippen MR) is 83.3 cm³/mol. The van der Waals surface area contributed by atoms with Crippen LogP contribution in [0.5, 0.6) is 0 Å². The second-order valence-electron chi connectivity index (χ2n) is 4.76. The number of nitrogens with one attached hydrogen (secondary N) is 1. The first-order chi connectivity index (χ1) is 10.6. The van der Waals surface area contributed by atoms with Crippen molar-refractivity contribution in [2.24, 2.45) is 0 Å². The van der Waals surface area contributed by atoms with Gasteiger partial charge in [-0.05, 0) is 17.7 Å². The van der Waals surface area contributed by atoms with Gasteiger partial charge in [-0.25, -0.2) is 5.10 Å². The zero-order valence-corrected chi connectivity index (χ0v) is 12.0. The van der Waals surface area contributed by atoms with Crippen molar-refractivity contribution in [3.8, 4) is 0 Å². The molecule has 0 aliphatic rings. The molecule has 2 aromatic carbocycles. The number of rotatable bonds is 3. The molecule has 3 aromatic rings. The number of nitro benzene ring substituents is 1. The maximum Gasteiger partial charge on any atom is 0.288 e. The molecular weight excluding hydrogens is 306 g/mol. The van der Waals surface area contributed by atoms with Gasteiger partial charge in [-0.3, -0.25) is 14.9 Å². The molecular formula is C15H10ClN3O3. The minimum atomic E-state index is -0.524. The smallest absolute Gasteiger partial charge is 0.267 e. The van der Waals surface area contributed by atoms with Crippen molar-refractivity contribution in [2.45, 2.75) is 6.42 Å². The Morgan fingerprint density at radius 2 is 1.91 bits per heavy atom. The van der Waals surface area contributed by atoms with Gasteiger partial charge in [0.1, 0.15) is 5.02 Å². The predicted octanol–water partition coefficient (Wildman–Crippen LogP) is 3.08. The van der Waals surface area contributed by atoms with Crippen LogP contribution in [-0.2, 0) is 6.42 Å². The molecule has 7 heteroatoms. The Balaban J connectivity index is 2.08. The summed E-state index contributed by atoms with van der Waals surface area (Å²) >= 11 is 5.81. The highest BCUT2D eigenvalue weighted by Gasteiger charge is 2.14. The monoisotopic (exact) mass is 315 g/mol. The lowest BCUT2D eigenvalue weighted by molar-refractivity contribution is -0.384.